The van der Waals surface area contributed by atoms with Crippen molar-refractivity contribution >= 4 is 12.0 Å². The second kappa shape index (κ2) is 107. The summed E-state index contributed by atoms with van der Waals surface area (Å²) in [6.07, 6.45) is 4.66. The minimum atomic E-state index is -0.602. The molecule has 1 aliphatic heterocycles. The van der Waals surface area contributed by atoms with Crippen LogP contribution in [0.2, 0.25) is 0 Å². The number of hydrazine groups is 2. The fraction of sp³-hybridized carbons (Fsp3) is 0.853. The number of nitrogens with zero attached hydrogens (tertiary/aromatic N) is 4. The van der Waals surface area contributed by atoms with Gasteiger partial charge < -0.3 is 220 Å². The molecule has 52 heteroatoms. The highest BCUT2D eigenvalue weighted by Gasteiger charge is 2.23. The summed E-state index contributed by atoms with van der Waals surface area (Å²) in [5.41, 5.74) is 30.0. The van der Waals surface area contributed by atoms with Crippen molar-refractivity contribution < 1.29 is 185 Å². The first-order chi connectivity index (χ1) is 72.5. The average Bonchev–Trinajstić information content (AvgIpc) is 1.61. The van der Waals surface area contributed by atoms with E-state index in [2.05, 4.69) is 37.2 Å². The Kier molecular flexibility index (Phi) is 97.9. The Bertz CT molecular complexity index is 3230. The van der Waals surface area contributed by atoms with Crippen LogP contribution in [0.15, 0.2) is 42.1 Å². The number of amides is 2. The summed E-state index contributed by atoms with van der Waals surface area (Å²) in [6.45, 7) is 36.6. The van der Waals surface area contributed by atoms with Crippen molar-refractivity contribution in [3.05, 3.63) is 53.4 Å². The molecule has 0 unspecified atom stereocenters. The van der Waals surface area contributed by atoms with Gasteiger partial charge in [-0.25, -0.2) is 9.48 Å². The van der Waals surface area contributed by atoms with E-state index < -0.39 is 17.6 Å². The van der Waals surface area contributed by atoms with E-state index in [4.69, 9.17) is 198 Å². The summed E-state index contributed by atoms with van der Waals surface area (Å²) in [6, 6.07) is 3.10. The van der Waals surface area contributed by atoms with Gasteiger partial charge in [0, 0.05) is 57.2 Å². The van der Waals surface area contributed by atoms with Gasteiger partial charge in [-0.1, -0.05) is 5.21 Å². The minimum Gasteiger partial charge on any atom is -0.483 e. The zero-order valence-electron chi connectivity index (χ0n) is 87.9. The number of ether oxygens (including phenoxy) is 37. The highest BCUT2D eigenvalue weighted by Crippen LogP contribution is 2.40. The Hall–Kier alpha value is -6.30. The van der Waals surface area contributed by atoms with Crippen LogP contribution in [0.3, 0.4) is 0 Å². The molecule has 1 aliphatic rings. The fourth-order valence-electron chi connectivity index (χ4n) is 11.2. The second-order valence-corrected chi connectivity index (χ2v) is 31.7. The lowest BCUT2D eigenvalue weighted by molar-refractivity contribution is -0.0265. The number of nitrogens with two attached hydrogens (primary N) is 4. The summed E-state index contributed by atoms with van der Waals surface area (Å²) in [4.78, 5) is 26.1. The maximum absolute atomic E-state index is 14.2. The molecule has 1 aromatic carbocycles. The average molecular weight is 2130 g/mol. The predicted octanol–water partition coefficient (Wildman–Crippen LogP) is -1.15. The topological polar surface area (TPSA) is 574 Å². The van der Waals surface area contributed by atoms with Crippen molar-refractivity contribution in [2.24, 2.45) is 22.9 Å². The van der Waals surface area contributed by atoms with Crippen molar-refractivity contribution in [2.75, 3.05) is 495 Å². The number of nitrogens with one attached hydrogen (secondary N) is 5. The Morgan fingerprint density at radius 3 is 0.891 bits per heavy atom. The molecular weight excluding hydrogens is 1950 g/mol. The number of hydrogen-bond donors (Lipinski definition) is 9. The molecule has 2 aromatic rings. The minimum absolute atomic E-state index is 0.0260. The lowest BCUT2D eigenvalue weighted by Gasteiger charge is -2.19. The van der Waals surface area contributed by atoms with Crippen LogP contribution in [0.1, 0.15) is 36.8 Å². The molecular formula is C95H181N13O39. The van der Waals surface area contributed by atoms with Gasteiger partial charge in [0.25, 0.3) is 5.91 Å². The molecule has 0 fully saturated rings. The van der Waals surface area contributed by atoms with Gasteiger partial charge >= 0.3 is 6.09 Å². The van der Waals surface area contributed by atoms with E-state index in [-0.39, 0.29) is 82.1 Å². The Morgan fingerprint density at radius 1 is 0.327 bits per heavy atom. The highest BCUT2D eigenvalue weighted by atomic mass is 16.6. The third-order valence-corrected chi connectivity index (χ3v) is 18.3. The molecule has 0 atom stereocenters. The first-order valence-electron chi connectivity index (χ1n) is 51.0. The molecule has 860 valence electrons. The van der Waals surface area contributed by atoms with Gasteiger partial charge in [0.1, 0.15) is 31.1 Å². The van der Waals surface area contributed by atoms with Crippen LogP contribution in [0.25, 0.3) is 0 Å². The molecule has 0 spiro atoms. The van der Waals surface area contributed by atoms with E-state index in [9.17, 15) is 9.59 Å². The van der Waals surface area contributed by atoms with Gasteiger partial charge in [-0.05, 0) is 32.9 Å². The number of alkyl carbamates (subject to hydrolysis) is 1. The lowest BCUT2D eigenvalue weighted by atomic mass is 10.1. The van der Waals surface area contributed by atoms with Crippen molar-refractivity contribution in [1.82, 2.24) is 46.9 Å². The van der Waals surface area contributed by atoms with E-state index in [0.29, 0.717) is 466 Å². The van der Waals surface area contributed by atoms with Gasteiger partial charge in [0.2, 0.25) is 5.75 Å². The van der Waals surface area contributed by atoms with Crippen molar-refractivity contribution in [3.63, 3.8) is 0 Å². The van der Waals surface area contributed by atoms with E-state index in [1.54, 1.807) is 55.0 Å². The molecule has 147 heavy (non-hydrogen) atoms. The second-order valence-electron chi connectivity index (χ2n) is 31.7. The van der Waals surface area contributed by atoms with Crippen LogP contribution < -0.4 is 64.1 Å². The summed E-state index contributed by atoms with van der Waals surface area (Å²) in [7, 11) is 0. The lowest BCUT2D eigenvalue weighted by Crippen LogP contribution is -2.38. The molecule has 52 nitrogen and oxygen atoms in total. The van der Waals surface area contributed by atoms with E-state index >= 15 is 0 Å². The van der Waals surface area contributed by atoms with Crippen LogP contribution in [0.5, 0.6) is 17.2 Å². The number of rotatable bonds is 119. The van der Waals surface area contributed by atoms with E-state index in [1.807, 2.05) is 6.20 Å². The summed E-state index contributed by atoms with van der Waals surface area (Å²) in [5.74, 6) is -0.0386. The highest BCUT2D eigenvalue weighted by molar-refractivity contribution is 5.95. The van der Waals surface area contributed by atoms with Crippen LogP contribution in [0.4, 0.5) is 4.79 Å². The van der Waals surface area contributed by atoms with Crippen molar-refractivity contribution in [2.45, 2.75) is 39.5 Å². The number of hydrogen-bond acceptors (Lipinski definition) is 49. The number of carbonyl (C=O) groups excluding carboxylic acids is 2. The molecule has 0 aliphatic carbocycles. The smallest absolute Gasteiger partial charge is 0.407 e. The largest absolute Gasteiger partial charge is 0.483 e. The van der Waals surface area contributed by atoms with Gasteiger partial charge in [-0.3, -0.25) is 9.80 Å². The number of benzene rings is 1. The van der Waals surface area contributed by atoms with Crippen molar-refractivity contribution in [3.8, 4) is 17.2 Å². The number of aromatic nitrogens is 3. The number of carbonyl (C=O) groups is 2. The molecule has 0 radical (unpaired) electrons. The Morgan fingerprint density at radius 2 is 0.592 bits per heavy atom. The van der Waals surface area contributed by atoms with Crippen LogP contribution in [0, 0.1) is 0 Å². The van der Waals surface area contributed by atoms with Crippen LogP contribution in [-0.2, 0) is 174 Å². The molecule has 2 heterocycles. The standard InChI is InChI=1S/C95H181N13O39/c1-95(2,3)147-94(110)102-9-17-116-25-33-122-32-24-115-16-8-101-93(109)86-78-90(144-83-87(99)80-100-7-15-114-23-31-123-39-45-129-51-57-135-63-69-141-75-72-138-66-60-132-54-48-126-42-36-119-28-20-111-12-4-96)92(146-85-89-82-108(106-104-89)11-19-118-27-35-125-41-47-131-53-59-137-65-71-143-77-74-140-68-62-134-56-50-128-44-38-121-30-22-113-14-6-98)91(79-86)145-84-88-81-107(105-103-88)10-18-117-26-34-124-40-46-130-52-58-136-64-70-142-76-73-139-67-61-133-55-49-127-43-37-120-29-21-112-13-5-97/h78-82,100,103,105H,4-77,83-85,96-99H2,1-3H3,(H,101,109)(H,102,110)/b87-80-. The summed E-state index contributed by atoms with van der Waals surface area (Å²) < 4.78 is 210. The van der Waals surface area contributed by atoms with Crippen molar-refractivity contribution in [1.29, 1.82) is 0 Å². The van der Waals surface area contributed by atoms with Gasteiger partial charge in [-0.2, -0.15) is 0 Å². The summed E-state index contributed by atoms with van der Waals surface area (Å²) >= 11 is 0. The zero-order valence-corrected chi connectivity index (χ0v) is 87.9. The molecule has 0 bridgehead atoms. The maximum Gasteiger partial charge on any atom is 0.407 e. The van der Waals surface area contributed by atoms with Gasteiger partial charge in [0.05, 0.1) is 467 Å². The Balaban J connectivity index is 1.48. The van der Waals surface area contributed by atoms with E-state index in [1.165, 1.54) is 0 Å². The maximum atomic E-state index is 14.2. The molecule has 2 amide bonds. The SMILES string of the molecule is CC(C)(C)OC(=O)NCCOCCOCCOCCNC(=O)c1cc(OCC2=CN(CCOCCOCCOCCOCCOCCOCCOCCOCCOCCOCCN)NN2)c(OCc2cn(CCOCCOCCOCCOCCOCCOCCOCCOCCOCCOCCN)nn2)c(OC/C(N)=C/NCCOCCOCCOCCOCCOCCOCCOCCOCCOCCOCCN)c1. The third-order valence-electron chi connectivity index (χ3n) is 18.3. The molecule has 13 N–H and O–H groups in total. The monoisotopic (exact) mass is 2130 g/mol. The first kappa shape index (κ1) is 135. The van der Waals surface area contributed by atoms with Gasteiger partial charge in [0.15, 0.2) is 11.5 Å². The van der Waals surface area contributed by atoms with Gasteiger partial charge in [-0.15, -0.1) is 10.6 Å². The quantitative estimate of drug-likeness (QED) is 0.0353. The summed E-state index contributed by atoms with van der Waals surface area (Å²) in [5, 5.41) is 19.2. The third kappa shape index (κ3) is 93.1. The van der Waals surface area contributed by atoms with Crippen LogP contribution >= 0.6 is 0 Å². The molecule has 0 saturated heterocycles. The molecule has 1 aromatic heterocycles. The zero-order chi connectivity index (χ0) is 105. The molecule has 0 saturated carbocycles. The van der Waals surface area contributed by atoms with Crippen LogP contribution in [-0.4, -0.2) is 533 Å². The fourth-order valence-corrected chi connectivity index (χ4v) is 11.2. The predicted molar refractivity (Wildman–Crippen MR) is 534 cm³/mol. The Labute approximate surface area is 868 Å². The first-order valence-corrected chi connectivity index (χ1v) is 51.0. The normalized spacial score (nSPS) is 12.3. The van der Waals surface area contributed by atoms with E-state index in [0.717, 1.165) is 0 Å². The molecule has 3 rings (SSSR count).